The standard InChI is InChI=1S/C10H18O4S/c1-8-4-3-5-9(6-8)15(12,13)7-10(11)14-2/h8-9H,3-7H2,1-2H3. The molecule has 0 spiro atoms. The highest BCUT2D eigenvalue weighted by Crippen LogP contribution is 2.28. The molecule has 5 heteroatoms. The van der Waals surface area contributed by atoms with Gasteiger partial charge < -0.3 is 4.74 Å². The minimum atomic E-state index is -3.30. The third-order valence-electron chi connectivity index (χ3n) is 2.94. The van der Waals surface area contributed by atoms with Crippen molar-refractivity contribution < 1.29 is 17.9 Å². The number of esters is 1. The summed E-state index contributed by atoms with van der Waals surface area (Å²) in [5.74, 6) is -0.689. The van der Waals surface area contributed by atoms with E-state index in [4.69, 9.17) is 0 Å². The second-order valence-corrected chi connectivity index (χ2v) is 6.56. The van der Waals surface area contributed by atoms with Gasteiger partial charge in [0.05, 0.1) is 12.4 Å². The minimum Gasteiger partial charge on any atom is -0.468 e. The van der Waals surface area contributed by atoms with Gasteiger partial charge in [-0.1, -0.05) is 19.8 Å². The topological polar surface area (TPSA) is 60.4 Å². The first-order chi connectivity index (χ1) is 6.95. The van der Waals surface area contributed by atoms with Crippen LogP contribution in [0.15, 0.2) is 0 Å². The van der Waals surface area contributed by atoms with Crippen molar-refractivity contribution in [1.29, 1.82) is 0 Å². The van der Waals surface area contributed by atoms with Crippen LogP contribution in [0.2, 0.25) is 0 Å². The van der Waals surface area contributed by atoms with Gasteiger partial charge in [-0.05, 0) is 18.8 Å². The number of ether oxygens (including phenoxy) is 1. The van der Waals surface area contributed by atoms with Gasteiger partial charge in [-0.3, -0.25) is 4.79 Å². The van der Waals surface area contributed by atoms with E-state index in [1.54, 1.807) is 0 Å². The van der Waals surface area contributed by atoms with Gasteiger partial charge in [0.25, 0.3) is 0 Å². The Morgan fingerprint density at radius 1 is 1.40 bits per heavy atom. The van der Waals surface area contributed by atoms with Crippen LogP contribution < -0.4 is 0 Å². The lowest BCUT2D eigenvalue weighted by Gasteiger charge is -2.26. The lowest BCUT2D eigenvalue weighted by Crippen LogP contribution is -2.32. The monoisotopic (exact) mass is 234 g/mol. The highest BCUT2D eigenvalue weighted by molar-refractivity contribution is 7.92. The van der Waals surface area contributed by atoms with Crippen molar-refractivity contribution in [3.63, 3.8) is 0 Å². The van der Waals surface area contributed by atoms with Crippen molar-refractivity contribution >= 4 is 15.8 Å². The fourth-order valence-corrected chi connectivity index (χ4v) is 3.88. The molecule has 0 saturated heterocycles. The molecular weight excluding hydrogens is 216 g/mol. The summed E-state index contributed by atoms with van der Waals surface area (Å²) in [7, 11) is -2.09. The molecule has 0 radical (unpaired) electrons. The molecule has 1 saturated carbocycles. The van der Waals surface area contributed by atoms with Gasteiger partial charge in [0.2, 0.25) is 0 Å². The Kier molecular flexibility index (Phi) is 4.13. The first-order valence-corrected chi connectivity index (χ1v) is 6.95. The zero-order valence-electron chi connectivity index (χ0n) is 9.23. The normalized spacial score (nSPS) is 27.3. The zero-order chi connectivity index (χ0) is 11.5. The van der Waals surface area contributed by atoms with Gasteiger partial charge in [0, 0.05) is 0 Å². The van der Waals surface area contributed by atoms with Gasteiger partial charge in [0.15, 0.2) is 9.84 Å². The van der Waals surface area contributed by atoms with Crippen molar-refractivity contribution in [2.45, 2.75) is 37.9 Å². The molecule has 4 nitrogen and oxygen atoms in total. The maximum Gasteiger partial charge on any atom is 0.320 e. The predicted molar refractivity (Wildman–Crippen MR) is 57.2 cm³/mol. The number of methoxy groups -OCH3 is 1. The first kappa shape index (κ1) is 12.5. The average molecular weight is 234 g/mol. The van der Waals surface area contributed by atoms with Gasteiger partial charge >= 0.3 is 5.97 Å². The van der Waals surface area contributed by atoms with Crippen LogP contribution >= 0.6 is 0 Å². The van der Waals surface area contributed by atoms with Gasteiger partial charge in [0.1, 0.15) is 5.75 Å². The van der Waals surface area contributed by atoms with Crippen LogP contribution in [0.3, 0.4) is 0 Å². The van der Waals surface area contributed by atoms with Gasteiger partial charge in [-0.15, -0.1) is 0 Å². The summed E-state index contributed by atoms with van der Waals surface area (Å²) in [6, 6.07) is 0. The third-order valence-corrected chi connectivity index (χ3v) is 5.02. The van der Waals surface area contributed by atoms with Gasteiger partial charge in [-0.25, -0.2) is 8.42 Å². The molecule has 0 aromatic heterocycles. The molecule has 0 heterocycles. The van der Waals surface area contributed by atoms with Crippen LogP contribution in [0.1, 0.15) is 32.6 Å². The summed E-state index contributed by atoms with van der Waals surface area (Å²) in [5, 5.41) is -0.347. The van der Waals surface area contributed by atoms with E-state index in [0.717, 1.165) is 12.8 Å². The van der Waals surface area contributed by atoms with E-state index in [0.29, 0.717) is 18.8 Å². The SMILES string of the molecule is COC(=O)CS(=O)(=O)C1CCCC(C)C1. The lowest BCUT2D eigenvalue weighted by atomic mass is 9.91. The molecule has 88 valence electrons. The molecule has 0 aromatic carbocycles. The lowest BCUT2D eigenvalue weighted by molar-refractivity contribution is -0.137. The van der Waals surface area contributed by atoms with Crippen molar-refractivity contribution in [3.8, 4) is 0 Å². The Morgan fingerprint density at radius 3 is 2.60 bits per heavy atom. The molecule has 0 amide bonds. The van der Waals surface area contributed by atoms with Crippen LogP contribution in [-0.4, -0.2) is 32.5 Å². The maximum atomic E-state index is 11.8. The van der Waals surface area contributed by atoms with Crippen molar-refractivity contribution in [2.75, 3.05) is 12.9 Å². The Labute approximate surface area is 90.9 Å². The van der Waals surface area contributed by atoms with E-state index in [9.17, 15) is 13.2 Å². The number of rotatable bonds is 3. The Balaban J connectivity index is 2.64. The molecular formula is C10H18O4S. The number of sulfone groups is 1. The summed E-state index contributed by atoms with van der Waals surface area (Å²) < 4.78 is 28.0. The molecule has 0 bridgehead atoms. The molecule has 0 aliphatic heterocycles. The molecule has 0 aromatic rings. The predicted octanol–water partition coefficient (Wildman–Crippen LogP) is 1.15. The van der Waals surface area contributed by atoms with Crippen LogP contribution in [0.4, 0.5) is 0 Å². The number of hydrogen-bond acceptors (Lipinski definition) is 4. The summed E-state index contributed by atoms with van der Waals surface area (Å²) in [5.41, 5.74) is 0. The Morgan fingerprint density at radius 2 is 2.07 bits per heavy atom. The summed E-state index contributed by atoms with van der Waals surface area (Å²) in [6.45, 7) is 2.06. The molecule has 1 aliphatic carbocycles. The second-order valence-electron chi connectivity index (χ2n) is 4.28. The van der Waals surface area contributed by atoms with Gasteiger partial charge in [-0.2, -0.15) is 0 Å². The second kappa shape index (κ2) is 4.96. The maximum absolute atomic E-state index is 11.8. The summed E-state index contributed by atoms with van der Waals surface area (Å²) in [4.78, 5) is 11.0. The summed E-state index contributed by atoms with van der Waals surface area (Å²) >= 11 is 0. The molecule has 0 N–H and O–H groups in total. The van der Waals surface area contributed by atoms with E-state index in [2.05, 4.69) is 11.7 Å². The molecule has 15 heavy (non-hydrogen) atoms. The van der Waals surface area contributed by atoms with Crippen LogP contribution in [0.5, 0.6) is 0 Å². The molecule has 1 rings (SSSR count). The average Bonchev–Trinajstić information content (AvgIpc) is 2.17. The quantitative estimate of drug-likeness (QED) is 0.687. The Hall–Kier alpha value is -0.580. The fourth-order valence-electron chi connectivity index (χ4n) is 2.05. The number of carbonyl (C=O) groups excluding carboxylic acids is 1. The molecule has 2 atom stereocenters. The minimum absolute atomic E-state index is 0.347. The summed E-state index contributed by atoms with van der Waals surface area (Å²) in [6.07, 6.45) is 3.39. The molecule has 2 unspecified atom stereocenters. The Bertz CT molecular complexity index is 320. The molecule has 1 fully saturated rings. The first-order valence-electron chi connectivity index (χ1n) is 5.24. The van der Waals surface area contributed by atoms with Crippen molar-refractivity contribution in [1.82, 2.24) is 0 Å². The van der Waals surface area contributed by atoms with Crippen molar-refractivity contribution in [3.05, 3.63) is 0 Å². The largest absolute Gasteiger partial charge is 0.468 e. The van der Waals surface area contributed by atoms with E-state index in [1.807, 2.05) is 0 Å². The van der Waals surface area contributed by atoms with E-state index in [1.165, 1.54) is 7.11 Å². The van der Waals surface area contributed by atoms with Crippen LogP contribution in [0, 0.1) is 5.92 Å². The molecule has 1 aliphatic rings. The van der Waals surface area contributed by atoms with Crippen LogP contribution in [0.25, 0.3) is 0 Å². The van der Waals surface area contributed by atoms with E-state index in [-0.39, 0.29) is 5.25 Å². The highest BCUT2D eigenvalue weighted by atomic mass is 32.2. The fraction of sp³-hybridized carbons (Fsp3) is 0.900. The van der Waals surface area contributed by atoms with E-state index < -0.39 is 21.6 Å². The van der Waals surface area contributed by atoms with Crippen molar-refractivity contribution in [2.24, 2.45) is 5.92 Å². The third kappa shape index (κ3) is 3.48. The zero-order valence-corrected chi connectivity index (χ0v) is 10.0. The smallest absolute Gasteiger partial charge is 0.320 e. The number of carbonyl (C=O) groups is 1. The number of hydrogen-bond donors (Lipinski definition) is 0. The highest BCUT2D eigenvalue weighted by Gasteiger charge is 2.31. The van der Waals surface area contributed by atoms with Crippen LogP contribution in [-0.2, 0) is 19.4 Å². The van der Waals surface area contributed by atoms with E-state index >= 15 is 0 Å².